The summed E-state index contributed by atoms with van der Waals surface area (Å²) in [6.45, 7) is 10.0. The molecule has 0 aromatic carbocycles. The highest BCUT2D eigenvalue weighted by Gasteiger charge is 2.36. The van der Waals surface area contributed by atoms with Crippen LogP contribution in [0, 0.1) is 0 Å². The first-order valence-electron chi connectivity index (χ1n) is 8.40. The molecule has 1 aromatic rings. The minimum atomic E-state index is -4.61. The first kappa shape index (κ1) is 25.0. The van der Waals surface area contributed by atoms with Gasteiger partial charge in [0.2, 0.25) is 5.01 Å². The lowest BCUT2D eigenvalue weighted by Crippen LogP contribution is -2.38. The van der Waals surface area contributed by atoms with Gasteiger partial charge in [0.05, 0.1) is 0 Å². The van der Waals surface area contributed by atoms with Crippen LogP contribution in [0.25, 0.3) is 0 Å². The van der Waals surface area contributed by atoms with Crippen LogP contribution in [0.5, 0.6) is 5.19 Å². The Bertz CT molecular complexity index is 640. The number of rotatable bonds is 7. The summed E-state index contributed by atoms with van der Waals surface area (Å²) in [6, 6.07) is -0.262. The van der Waals surface area contributed by atoms with E-state index in [9.17, 15) is 22.4 Å². The van der Waals surface area contributed by atoms with E-state index in [1.54, 1.807) is 26.8 Å². The van der Waals surface area contributed by atoms with Crippen molar-refractivity contribution in [2.45, 2.75) is 59.9 Å². The van der Waals surface area contributed by atoms with Crippen molar-refractivity contribution in [3.05, 3.63) is 28.9 Å². The van der Waals surface area contributed by atoms with Crippen LogP contribution in [0.4, 0.5) is 17.6 Å². The fraction of sp³-hybridized carbons (Fsp3) is 0.588. The van der Waals surface area contributed by atoms with Gasteiger partial charge in [-0.2, -0.15) is 13.2 Å². The van der Waals surface area contributed by atoms with Crippen LogP contribution in [0.15, 0.2) is 23.9 Å². The number of amides is 1. The first-order valence-corrected chi connectivity index (χ1v) is 9.22. The van der Waals surface area contributed by atoms with E-state index >= 15 is 0 Å². The molecule has 0 saturated carbocycles. The minimum Gasteiger partial charge on any atom is -0.459 e. The number of nitrogens with zero attached hydrogens (tertiary/aromatic N) is 3. The van der Waals surface area contributed by atoms with Crippen molar-refractivity contribution in [2.24, 2.45) is 0 Å². The second-order valence-electron chi connectivity index (χ2n) is 5.27. The van der Waals surface area contributed by atoms with Gasteiger partial charge in [0.1, 0.15) is 6.17 Å². The molecular weight excluding hydrogens is 386 g/mol. The standard InChI is InChI=1S/C15H19F4N3O2S.C2H6/c1-5-11(7-6-10(4)16)22(9(2)3)12(23)8-24-14-21-20-13(25-14)15(17,18)19;1-2/h5-7,9-10H,8H2,1-4H3;1-2H3/b7-6-,11-5+;. The van der Waals surface area contributed by atoms with Crippen molar-refractivity contribution in [1.82, 2.24) is 15.1 Å². The van der Waals surface area contributed by atoms with Crippen LogP contribution in [0.2, 0.25) is 0 Å². The van der Waals surface area contributed by atoms with E-state index in [4.69, 9.17) is 4.74 Å². The molecule has 0 saturated heterocycles. The molecule has 1 unspecified atom stereocenters. The highest BCUT2D eigenvalue weighted by atomic mass is 32.1. The summed E-state index contributed by atoms with van der Waals surface area (Å²) in [7, 11) is 0. The van der Waals surface area contributed by atoms with Crippen molar-refractivity contribution in [3.8, 4) is 5.19 Å². The van der Waals surface area contributed by atoms with Gasteiger partial charge in [-0.3, -0.25) is 4.79 Å². The monoisotopic (exact) mass is 411 g/mol. The Morgan fingerprint density at radius 1 is 1.26 bits per heavy atom. The largest absolute Gasteiger partial charge is 0.459 e. The van der Waals surface area contributed by atoms with Crippen LogP contribution in [0.1, 0.15) is 46.6 Å². The van der Waals surface area contributed by atoms with Gasteiger partial charge in [-0.15, -0.1) is 5.10 Å². The number of aromatic nitrogens is 2. The molecule has 1 amide bonds. The van der Waals surface area contributed by atoms with Gasteiger partial charge in [0, 0.05) is 11.7 Å². The highest BCUT2D eigenvalue weighted by Crippen LogP contribution is 2.33. The Labute approximate surface area is 160 Å². The smallest absolute Gasteiger partial charge is 0.445 e. The number of alkyl halides is 4. The third-order valence-electron chi connectivity index (χ3n) is 2.86. The molecule has 154 valence electrons. The predicted octanol–water partition coefficient (Wildman–Crippen LogP) is 5.02. The van der Waals surface area contributed by atoms with Gasteiger partial charge in [-0.05, 0) is 39.8 Å². The zero-order chi connectivity index (χ0) is 21.2. The van der Waals surface area contributed by atoms with Crippen molar-refractivity contribution < 1.29 is 27.1 Å². The van der Waals surface area contributed by atoms with Gasteiger partial charge < -0.3 is 9.64 Å². The molecule has 1 rings (SSSR count). The van der Waals surface area contributed by atoms with E-state index in [-0.39, 0.29) is 22.6 Å². The van der Waals surface area contributed by atoms with E-state index in [1.165, 1.54) is 24.0 Å². The highest BCUT2D eigenvalue weighted by molar-refractivity contribution is 7.13. The van der Waals surface area contributed by atoms with Gasteiger partial charge in [0.25, 0.3) is 11.1 Å². The van der Waals surface area contributed by atoms with Crippen LogP contribution in [-0.2, 0) is 11.0 Å². The van der Waals surface area contributed by atoms with Crippen LogP contribution < -0.4 is 4.74 Å². The SMILES string of the molecule is C/C=C(\C=C/C(C)F)N(C(=O)COc1nnc(C(F)(F)F)s1)C(C)C.CC. The molecule has 0 radical (unpaired) electrons. The molecule has 0 spiro atoms. The Kier molecular flexibility index (Phi) is 10.8. The van der Waals surface area contributed by atoms with Crippen molar-refractivity contribution in [1.29, 1.82) is 0 Å². The number of hydrogen-bond donors (Lipinski definition) is 0. The predicted molar refractivity (Wildman–Crippen MR) is 97.2 cm³/mol. The van der Waals surface area contributed by atoms with E-state index in [0.717, 1.165) is 0 Å². The molecule has 0 aliphatic carbocycles. The lowest BCUT2D eigenvalue weighted by Gasteiger charge is -2.27. The fourth-order valence-corrected chi connectivity index (χ4v) is 2.41. The second kappa shape index (κ2) is 11.7. The van der Waals surface area contributed by atoms with Gasteiger partial charge in [-0.1, -0.05) is 36.4 Å². The Morgan fingerprint density at radius 3 is 2.26 bits per heavy atom. The summed E-state index contributed by atoms with van der Waals surface area (Å²) in [4.78, 5) is 13.7. The Morgan fingerprint density at radius 2 is 1.85 bits per heavy atom. The van der Waals surface area contributed by atoms with Gasteiger partial charge in [-0.25, -0.2) is 4.39 Å². The van der Waals surface area contributed by atoms with E-state index in [0.29, 0.717) is 5.70 Å². The molecule has 0 N–H and O–H groups in total. The molecule has 1 aromatic heterocycles. The minimum absolute atomic E-state index is 0.212. The number of hydrogen-bond acceptors (Lipinski definition) is 5. The van der Waals surface area contributed by atoms with Crippen molar-refractivity contribution in [2.75, 3.05) is 6.61 Å². The summed E-state index contributed by atoms with van der Waals surface area (Å²) < 4.78 is 55.4. The topological polar surface area (TPSA) is 55.3 Å². The zero-order valence-corrected chi connectivity index (χ0v) is 17.0. The summed E-state index contributed by atoms with van der Waals surface area (Å²) in [5, 5.41) is 4.74. The second-order valence-corrected chi connectivity index (χ2v) is 6.21. The van der Waals surface area contributed by atoms with E-state index < -0.39 is 29.9 Å². The van der Waals surface area contributed by atoms with Crippen LogP contribution >= 0.6 is 11.3 Å². The summed E-state index contributed by atoms with van der Waals surface area (Å²) in [6.07, 6.45) is -1.41. The molecule has 0 aliphatic heterocycles. The maximum atomic E-state index is 13.0. The summed E-state index contributed by atoms with van der Waals surface area (Å²) in [5.74, 6) is -0.497. The molecule has 0 bridgehead atoms. The van der Waals surface area contributed by atoms with Crippen molar-refractivity contribution >= 4 is 17.2 Å². The molecule has 1 atom stereocenters. The average molecular weight is 411 g/mol. The molecule has 1 heterocycles. The Balaban J connectivity index is 0.00000326. The number of carbonyl (C=O) groups excluding carboxylic acids is 1. The molecule has 10 heteroatoms. The van der Waals surface area contributed by atoms with Crippen LogP contribution in [0.3, 0.4) is 0 Å². The zero-order valence-electron chi connectivity index (χ0n) is 16.2. The first-order chi connectivity index (χ1) is 12.6. The van der Waals surface area contributed by atoms with E-state index in [2.05, 4.69) is 10.2 Å². The molecule has 0 fully saturated rings. The molecule has 5 nitrogen and oxygen atoms in total. The number of carbonyl (C=O) groups is 1. The van der Waals surface area contributed by atoms with Crippen LogP contribution in [-0.4, -0.2) is 39.8 Å². The maximum absolute atomic E-state index is 13.0. The van der Waals surface area contributed by atoms with Crippen molar-refractivity contribution in [3.63, 3.8) is 0 Å². The number of ether oxygens (including phenoxy) is 1. The van der Waals surface area contributed by atoms with E-state index in [1.807, 2.05) is 13.8 Å². The lowest BCUT2D eigenvalue weighted by atomic mass is 10.2. The quantitative estimate of drug-likeness (QED) is 0.467. The van der Waals surface area contributed by atoms with Gasteiger partial charge in [0.15, 0.2) is 6.61 Å². The summed E-state index contributed by atoms with van der Waals surface area (Å²) >= 11 is 0.212. The number of allylic oxidation sites excluding steroid dienone is 3. The summed E-state index contributed by atoms with van der Waals surface area (Å²) in [5.41, 5.74) is 0.460. The Hall–Kier alpha value is -1.97. The maximum Gasteiger partial charge on any atom is 0.445 e. The fourth-order valence-electron chi connectivity index (χ4n) is 1.85. The molecule has 0 aliphatic rings. The average Bonchev–Trinajstić information content (AvgIpc) is 3.07. The molecule has 27 heavy (non-hydrogen) atoms. The third-order valence-corrected chi connectivity index (χ3v) is 3.74. The molecular formula is C17H25F4N3O2S. The normalized spacial score (nSPS) is 13.4. The lowest BCUT2D eigenvalue weighted by molar-refractivity contribution is -0.138. The van der Waals surface area contributed by atoms with Gasteiger partial charge >= 0.3 is 6.18 Å². The third kappa shape index (κ3) is 8.51. The number of halogens is 4.